The number of nitrogens with zero attached hydrogens (tertiary/aromatic N) is 1. The third-order valence-electron chi connectivity index (χ3n) is 11.0. The molecule has 1 nitrogen and oxygen atoms in total. The van der Waals surface area contributed by atoms with E-state index in [1.807, 2.05) is 5.57 Å². The Morgan fingerprint density at radius 3 is 2.43 bits per heavy atom. The first-order valence-electron chi connectivity index (χ1n) is 13.5. The van der Waals surface area contributed by atoms with Crippen LogP contribution < -0.4 is 0 Å². The lowest BCUT2D eigenvalue weighted by Crippen LogP contribution is -2.51. The van der Waals surface area contributed by atoms with E-state index >= 15 is 0 Å². The summed E-state index contributed by atoms with van der Waals surface area (Å²) in [6.45, 7) is 12.8. The zero-order chi connectivity index (χ0) is 21.7. The summed E-state index contributed by atoms with van der Waals surface area (Å²) in [7, 11) is 4.57. The van der Waals surface area contributed by atoms with E-state index < -0.39 is 0 Å². The highest BCUT2D eigenvalue weighted by molar-refractivity contribution is 5.26. The number of rotatable bonds is 6. The molecular weight excluding hydrogens is 362 g/mol. The average molecular weight is 414 g/mol. The van der Waals surface area contributed by atoms with Gasteiger partial charge in [-0.15, -0.1) is 0 Å². The highest BCUT2D eigenvalue weighted by Crippen LogP contribution is 2.67. The van der Waals surface area contributed by atoms with E-state index in [4.69, 9.17) is 0 Å². The lowest BCUT2D eigenvalue weighted by Gasteiger charge is -2.59. The molecule has 1 heteroatoms. The number of hydrogen-bond donors (Lipinski definition) is 0. The number of allylic oxidation sites excluding steroid dienone is 1. The largest absolute Gasteiger partial charge is 0.306 e. The fourth-order valence-electron chi connectivity index (χ4n) is 9.11. The van der Waals surface area contributed by atoms with Crippen molar-refractivity contribution in [3.63, 3.8) is 0 Å². The minimum absolute atomic E-state index is 0.512. The summed E-state index contributed by atoms with van der Waals surface area (Å²) < 4.78 is 0. The van der Waals surface area contributed by atoms with Crippen molar-refractivity contribution in [1.82, 2.24) is 4.90 Å². The van der Waals surface area contributed by atoms with E-state index in [9.17, 15) is 0 Å². The normalized spacial score (nSPS) is 44.4. The maximum absolute atomic E-state index is 2.75. The second-order valence-corrected chi connectivity index (χ2v) is 13.1. The van der Waals surface area contributed by atoms with E-state index in [0.717, 1.165) is 41.5 Å². The Balaban J connectivity index is 1.48. The molecule has 0 spiro atoms. The van der Waals surface area contributed by atoms with E-state index in [-0.39, 0.29) is 0 Å². The van der Waals surface area contributed by atoms with Gasteiger partial charge in [0.2, 0.25) is 0 Å². The van der Waals surface area contributed by atoms with Gasteiger partial charge in [-0.3, -0.25) is 0 Å². The first-order valence-corrected chi connectivity index (χ1v) is 13.5. The molecule has 0 radical (unpaired) electrons. The zero-order valence-electron chi connectivity index (χ0n) is 21.3. The van der Waals surface area contributed by atoms with Crippen LogP contribution in [0, 0.1) is 46.3 Å². The van der Waals surface area contributed by atoms with Crippen molar-refractivity contribution in [2.24, 2.45) is 46.3 Å². The van der Waals surface area contributed by atoms with Crippen LogP contribution in [0.1, 0.15) is 105 Å². The second-order valence-electron chi connectivity index (χ2n) is 13.1. The van der Waals surface area contributed by atoms with Crippen LogP contribution in [0.25, 0.3) is 0 Å². The Bertz CT molecular complexity index is 632. The Kier molecular flexibility index (Phi) is 6.53. The highest BCUT2D eigenvalue weighted by atomic mass is 15.1. The molecule has 0 N–H and O–H groups in total. The molecule has 0 aromatic rings. The second kappa shape index (κ2) is 8.57. The Hall–Kier alpha value is -0.300. The predicted molar refractivity (Wildman–Crippen MR) is 131 cm³/mol. The maximum Gasteiger partial charge on any atom is 0.0127 e. The molecule has 3 saturated carbocycles. The van der Waals surface area contributed by atoms with Gasteiger partial charge in [-0.25, -0.2) is 0 Å². The van der Waals surface area contributed by atoms with Crippen molar-refractivity contribution >= 4 is 0 Å². The summed E-state index contributed by atoms with van der Waals surface area (Å²) in [5.74, 6) is 5.71. The summed E-state index contributed by atoms with van der Waals surface area (Å²) in [6.07, 6.45) is 18.7. The molecule has 3 fully saturated rings. The van der Waals surface area contributed by atoms with Gasteiger partial charge in [0.1, 0.15) is 0 Å². The molecular formula is C29H51N. The summed E-state index contributed by atoms with van der Waals surface area (Å²) >= 11 is 0. The van der Waals surface area contributed by atoms with Gasteiger partial charge in [0.05, 0.1) is 0 Å². The van der Waals surface area contributed by atoms with Gasteiger partial charge in [0.15, 0.2) is 0 Å². The van der Waals surface area contributed by atoms with Gasteiger partial charge in [0.25, 0.3) is 0 Å². The highest BCUT2D eigenvalue weighted by Gasteiger charge is 2.59. The quantitative estimate of drug-likeness (QED) is 0.399. The van der Waals surface area contributed by atoms with Crippen LogP contribution in [-0.4, -0.2) is 25.0 Å². The Labute approximate surface area is 188 Å². The molecule has 4 aliphatic rings. The van der Waals surface area contributed by atoms with Crippen LogP contribution in [0.3, 0.4) is 0 Å². The summed E-state index contributed by atoms with van der Waals surface area (Å²) in [6, 6.07) is 0.775. The zero-order valence-corrected chi connectivity index (χ0v) is 21.3. The van der Waals surface area contributed by atoms with Gasteiger partial charge >= 0.3 is 0 Å². The van der Waals surface area contributed by atoms with Crippen molar-refractivity contribution in [2.45, 2.75) is 111 Å². The monoisotopic (exact) mass is 413 g/mol. The number of hydrogen-bond acceptors (Lipinski definition) is 1. The molecule has 0 saturated heterocycles. The lowest BCUT2D eigenvalue weighted by molar-refractivity contribution is -0.0535. The molecule has 0 aromatic heterocycles. The molecule has 8 atom stereocenters. The lowest BCUT2D eigenvalue weighted by atomic mass is 9.47. The molecule has 172 valence electrons. The molecule has 0 aromatic carbocycles. The molecule has 4 aliphatic carbocycles. The SMILES string of the molecule is CC(C)CCC[C@@H](C)[C@H]1CC[C@H]2[C@@H]3CC=C4C[C@@H](N(C)C)CCC4(C)[C@H]3CC[C@]12C. The number of fused-ring (bicyclic) bond motifs is 5. The minimum atomic E-state index is 0.512. The van der Waals surface area contributed by atoms with E-state index in [2.05, 4.69) is 59.7 Å². The maximum atomic E-state index is 2.75. The van der Waals surface area contributed by atoms with Gasteiger partial charge < -0.3 is 4.90 Å². The van der Waals surface area contributed by atoms with Crippen LogP contribution in [0.2, 0.25) is 0 Å². The molecule has 0 bridgehead atoms. The van der Waals surface area contributed by atoms with Crippen molar-refractivity contribution < 1.29 is 0 Å². The first-order chi connectivity index (χ1) is 14.2. The molecule has 4 rings (SSSR count). The van der Waals surface area contributed by atoms with Crippen LogP contribution in [0.4, 0.5) is 0 Å². The fraction of sp³-hybridized carbons (Fsp3) is 0.931. The van der Waals surface area contributed by atoms with Gasteiger partial charge in [-0.2, -0.15) is 0 Å². The smallest absolute Gasteiger partial charge is 0.0127 e. The van der Waals surface area contributed by atoms with E-state index in [0.29, 0.717) is 10.8 Å². The molecule has 30 heavy (non-hydrogen) atoms. The third-order valence-corrected chi connectivity index (χ3v) is 11.0. The van der Waals surface area contributed by atoms with Crippen LogP contribution in [0.15, 0.2) is 11.6 Å². The van der Waals surface area contributed by atoms with Crippen molar-refractivity contribution in [2.75, 3.05) is 14.1 Å². The molecule has 0 aliphatic heterocycles. The van der Waals surface area contributed by atoms with Crippen molar-refractivity contribution in [1.29, 1.82) is 0 Å². The van der Waals surface area contributed by atoms with E-state index in [1.54, 1.807) is 0 Å². The third kappa shape index (κ3) is 3.84. The average Bonchev–Trinajstić information content (AvgIpc) is 3.04. The predicted octanol–water partition coefficient (Wildman–Crippen LogP) is 7.96. The summed E-state index contributed by atoms with van der Waals surface area (Å²) in [4.78, 5) is 2.48. The summed E-state index contributed by atoms with van der Waals surface area (Å²) in [5, 5.41) is 0. The van der Waals surface area contributed by atoms with Crippen molar-refractivity contribution in [3.05, 3.63) is 11.6 Å². The van der Waals surface area contributed by atoms with Crippen LogP contribution in [0.5, 0.6) is 0 Å². The van der Waals surface area contributed by atoms with Gasteiger partial charge in [-0.05, 0) is 112 Å². The fourth-order valence-corrected chi connectivity index (χ4v) is 9.11. The summed E-state index contributed by atoms with van der Waals surface area (Å²) in [5.41, 5.74) is 2.98. The van der Waals surface area contributed by atoms with Crippen LogP contribution in [-0.2, 0) is 0 Å². The van der Waals surface area contributed by atoms with Gasteiger partial charge in [-0.1, -0.05) is 65.5 Å². The van der Waals surface area contributed by atoms with E-state index in [1.165, 1.54) is 70.6 Å². The van der Waals surface area contributed by atoms with Crippen molar-refractivity contribution in [3.8, 4) is 0 Å². The molecule has 1 unspecified atom stereocenters. The Morgan fingerprint density at radius 1 is 0.967 bits per heavy atom. The molecule has 0 heterocycles. The Morgan fingerprint density at radius 2 is 1.73 bits per heavy atom. The minimum Gasteiger partial charge on any atom is -0.306 e. The first kappa shape index (κ1) is 22.9. The van der Waals surface area contributed by atoms with Crippen LogP contribution >= 0.6 is 0 Å². The topological polar surface area (TPSA) is 3.24 Å². The molecule has 0 amide bonds. The van der Waals surface area contributed by atoms with Gasteiger partial charge in [0, 0.05) is 6.04 Å². The standard InChI is InChI=1S/C29H51N/c1-20(2)9-8-10-21(3)25-13-14-26-24-12-11-22-19-23(30(6)7)15-17-28(22,4)27(24)16-18-29(25,26)5/h11,20-21,23-27H,8-10,12-19H2,1-7H3/t21-,23+,24+,25-,26+,27+,28?,29-/m1/s1.